The van der Waals surface area contributed by atoms with Gasteiger partial charge in [0.15, 0.2) is 0 Å². The number of para-hydroxylation sites is 1. The fraction of sp³-hybridized carbons (Fsp3) is 0.438. The molecule has 2 rings (SSSR count). The maximum Gasteiger partial charge on any atom is 0.0935 e. The molecule has 0 radical (unpaired) electrons. The molecule has 1 aromatic carbocycles. The van der Waals surface area contributed by atoms with Gasteiger partial charge in [0.05, 0.1) is 11.6 Å². The highest BCUT2D eigenvalue weighted by atomic mass is 16.3. The normalized spacial score (nSPS) is 13.7. The maximum absolute atomic E-state index is 10.4. The Hall–Kier alpha value is -1.45. The first-order valence-electron chi connectivity index (χ1n) is 6.66. The highest BCUT2D eigenvalue weighted by Crippen LogP contribution is 2.23. The zero-order valence-electron chi connectivity index (χ0n) is 12.1. The van der Waals surface area contributed by atoms with Gasteiger partial charge in [-0.15, -0.1) is 0 Å². The fourth-order valence-corrected chi connectivity index (χ4v) is 2.05. The molecule has 3 nitrogen and oxygen atoms in total. The highest BCUT2D eigenvalue weighted by Gasteiger charge is 2.16. The SMILES string of the molecule is Cc1ccc2cccc([C@@H](O)CNC(C)(C)C)c2n1. The Labute approximate surface area is 114 Å². The van der Waals surface area contributed by atoms with Crippen LogP contribution in [0.1, 0.15) is 38.1 Å². The first-order chi connectivity index (χ1) is 8.87. The number of nitrogens with one attached hydrogen (secondary N) is 1. The Bertz CT molecular complexity index is 572. The van der Waals surface area contributed by atoms with E-state index in [0.717, 1.165) is 22.2 Å². The van der Waals surface area contributed by atoms with Crippen LogP contribution in [0.5, 0.6) is 0 Å². The van der Waals surface area contributed by atoms with Gasteiger partial charge in [-0.05, 0) is 33.8 Å². The van der Waals surface area contributed by atoms with Crippen LogP contribution in [0.25, 0.3) is 10.9 Å². The molecule has 19 heavy (non-hydrogen) atoms. The number of aryl methyl sites for hydroxylation is 1. The second-order valence-electron chi connectivity index (χ2n) is 6.02. The van der Waals surface area contributed by atoms with Gasteiger partial charge in [0.1, 0.15) is 0 Å². The van der Waals surface area contributed by atoms with E-state index in [9.17, 15) is 5.11 Å². The summed E-state index contributed by atoms with van der Waals surface area (Å²) in [7, 11) is 0. The van der Waals surface area contributed by atoms with Gasteiger partial charge in [0, 0.05) is 28.7 Å². The van der Waals surface area contributed by atoms with Crippen molar-refractivity contribution in [2.75, 3.05) is 6.54 Å². The Morgan fingerprint density at radius 2 is 1.95 bits per heavy atom. The van der Waals surface area contributed by atoms with E-state index in [-0.39, 0.29) is 5.54 Å². The van der Waals surface area contributed by atoms with Gasteiger partial charge >= 0.3 is 0 Å². The number of rotatable bonds is 3. The van der Waals surface area contributed by atoms with Crippen LogP contribution in [0.4, 0.5) is 0 Å². The molecular weight excluding hydrogens is 236 g/mol. The van der Waals surface area contributed by atoms with E-state index in [4.69, 9.17) is 0 Å². The van der Waals surface area contributed by atoms with Gasteiger partial charge in [-0.25, -0.2) is 0 Å². The predicted molar refractivity (Wildman–Crippen MR) is 79.2 cm³/mol. The molecule has 0 aliphatic heterocycles. The van der Waals surface area contributed by atoms with E-state index in [1.807, 2.05) is 37.3 Å². The third-order valence-corrected chi connectivity index (χ3v) is 3.08. The average molecular weight is 258 g/mol. The van der Waals surface area contributed by atoms with Gasteiger partial charge in [-0.3, -0.25) is 4.98 Å². The molecule has 0 saturated heterocycles. The van der Waals surface area contributed by atoms with Crippen molar-refractivity contribution in [1.82, 2.24) is 10.3 Å². The Morgan fingerprint density at radius 1 is 1.21 bits per heavy atom. The Balaban J connectivity index is 2.31. The molecule has 1 atom stereocenters. The molecule has 2 N–H and O–H groups in total. The van der Waals surface area contributed by atoms with Gasteiger partial charge in [0.2, 0.25) is 0 Å². The van der Waals surface area contributed by atoms with Gasteiger partial charge < -0.3 is 10.4 Å². The zero-order valence-corrected chi connectivity index (χ0v) is 12.1. The van der Waals surface area contributed by atoms with Gasteiger partial charge in [-0.1, -0.05) is 24.3 Å². The highest BCUT2D eigenvalue weighted by molar-refractivity contribution is 5.82. The summed E-state index contributed by atoms with van der Waals surface area (Å²) in [4.78, 5) is 4.55. The summed E-state index contributed by atoms with van der Waals surface area (Å²) < 4.78 is 0. The topological polar surface area (TPSA) is 45.1 Å². The average Bonchev–Trinajstić information content (AvgIpc) is 2.34. The second kappa shape index (κ2) is 5.27. The smallest absolute Gasteiger partial charge is 0.0935 e. The van der Waals surface area contributed by atoms with Crippen LogP contribution in [-0.2, 0) is 0 Å². The van der Waals surface area contributed by atoms with Crippen LogP contribution in [0.2, 0.25) is 0 Å². The minimum absolute atomic E-state index is 0.00505. The standard InChI is InChI=1S/C16H22N2O/c1-11-8-9-12-6-5-7-13(15(12)18-11)14(19)10-17-16(2,3)4/h5-9,14,17,19H,10H2,1-4H3/t14-/m0/s1. The maximum atomic E-state index is 10.4. The van der Waals surface area contributed by atoms with Gasteiger partial charge in [0.25, 0.3) is 0 Å². The third-order valence-electron chi connectivity index (χ3n) is 3.08. The molecule has 1 heterocycles. The molecule has 0 aliphatic rings. The van der Waals surface area contributed by atoms with Crippen molar-refractivity contribution in [3.05, 3.63) is 41.6 Å². The number of hydrogen-bond acceptors (Lipinski definition) is 3. The third kappa shape index (κ3) is 3.52. The molecule has 0 aliphatic carbocycles. The number of aromatic nitrogens is 1. The van der Waals surface area contributed by atoms with Crippen molar-refractivity contribution in [2.45, 2.75) is 39.3 Å². The summed E-state index contributed by atoms with van der Waals surface area (Å²) in [5.74, 6) is 0. The zero-order chi connectivity index (χ0) is 14.0. The summed E-state index contributed by atoms with van der Waals surface area (Å²) in [6, 6.07) is 9.98. The summed E-state index contributed by atoms with van der Waals surface area (Å²) in [6.07, 6.45) is -0.544. The predicted octanol–water partition coefficient (Wildman–Crippen LogP) is 2.96. The largest absolute Gasteiger partial charge is 0.387 e. The van der Waals surface area contributed by atoms with E-state index < -0.39 is 6.10 Å². The van der Waals surface area contributed by atoms with Crippen LogP contribution in [0, 0.1) is 6.92 Å². The lowest BCUT2D eigenvalue weighted by molar-refractivity contribution is 0.164. The molecule has 0 bridgehead atoms. The van der Waals surface area contributed by atoms with E-state index in [0.29, 0.717) is 6.54 Å². The van der Waals surface area contributed by atoms with Crippen LogP contribution in [0.15, 0.2) is 30.3 Å². The van der Waals surface area contributed by atoms with E-state index in [2.05, 4.69) is 31.1 Å². The second-order valence-corrected chi connectivity index (χ2v) is 6.02. The number of aliphatic hydroxyl groups excluding tert-OH is 1. The first kappa shape index (κ1) is 14.0. The van der Waals surface area contributed by atoms with E-state index >= 15 is 0 Å². The summed E-state index contributed by atoms with van der Waals surface area (Å²) in [6.45, 7) is 8.76. The number of fused-ring (bicyclic) bond motifs is 1. The van der Waals surface area contributed by atoms with Crippen LogP contribution in [-0.4, -0.2) is 22.2 Å². The molecule has 0 unspecified atom stereocenters. The lowest BCUT2D eigenvalue weighted by Gasteiger charge is -2.23. The molecule has 0 saturated carbocycles. The van der Waals surface area contributed by atoms with Gasteiger partial charge in [-0.2, -0.15) is 0 Å². The minimum Gasteiger partial charge on any atom is -0.387 e. The van der Waals surface area contributed by atoms with Crippen LogP contribution >= 0.6 is 0 Å². The Morgan fingerprint density at radius 3 is 2.63 bits per heavy atom. The molecule has 3 heteroatoms. The fourth-order valence-electron chi connectivity index (χ4n) is 2.05. The quantitative estimate of drug-likeness (QED) is 0.889. The lowest BCUT2D eigenvalue weighted by atomic mass is 10.0. The number of nitrogens with zero attached hydrogens (tertiary/aromatic N) is 1. The van der Waals surface area contributed by atoms with Crippen LogP contribution < -0.4 is 5.32 Å². The number of benzene rings is 1. The number of pyridine rings is 1. The molecule has 0 amide bonds. The molecule has 102 valence electrons. The number of aliphatic hydroxyl groups is 1. The van der Waals surface area contributed by atoms with Crippen LogP contribution in [0.3, 0.4) is 0 Å². The van der Waals surface area contributed by atoms with Crippen molar-refractivity contribution in [2.24, 2.45) is 0 Å². The van der Waals surface area contributed by atoms with Crippen molar-refractivity contribution in [3.8, 4) is 0 Å². The molecule has 1 aromatic heterocycles. The number of β-amino-alcohol motifs (C(OH)–C–C–N with tert-alkyl or cyclic N) is 1. The number of hydrogen-bond donors (Lipinski definition) is 2. The molecule has 0 fully saturated rings. The Kier molecular flexibility index (Phi) is 3.88. The van der Waals surface area contributed by atoms with E-state index in [1.165, 1.54) is 0 Å². The van der Waals surface area contributed by atoms with Crippen molar-refractivity contribution in [3.63, 3.8) is 0 Å². The van der Waals surface area contributed by atoms with Crippen molar-refractivity contribution < 1.29 is 5.11 Å². The van der Waals surface area contributed by atoms with Crippen molar-refractivity contribution >= 4 is 10.9 Å². The lowest BCUT2D eigenvalue weighted by Crippen LogP contribution is -2.38. The van der Waals surface area contributed by atoms with E-state index in [1.54, 1.807) is 0 Å². The first-order valence-corrected chi connectivity index (χ1v) is 6.66. The molecular formula is C16H22N2O. The summed E-state index contributed by atoms with van der Waals surface area (Å²) in [5.41, 5.74) is 2.74. The summed E-state index contributed by atoms with van der Waals surface area (Å²) in [5, 5.41) is 14.8. The monoisotopic (exact) mass is 258 g/mol. The van der Waals surface area contributed by atoms with Crippen molar-refractivity contribution in [1.29, 1.82) is 0 Å². The minimum atomic E-state index is -0.544. The molecule has 0 spiro atoms. The molecule has 2 aromatic rings. The summed E-state index contributed by atoms with van der Waals surface area (Å²) >= 11 is 0.